The zero-order chi connectivity index (χ0) is 20.6. The van der Waals surface area contributed by atoms with E-state index in [4.69, 9.17) is 9.47 Å². The van der Waals surface area contributed by atoms with Crippen LogP contribution in [0.15, 0.2) is 29.3 Å². The highest BCUT2D eigenvalue weighted by molar-refractivity contribution is 5.80. The number of benzene rings is 1. The first kappa shape index (κ1) is 22.4. The normalized spacial score (nSPS) is 18.6. The summed E-state index contributed by atoms with van der Waals surface area (Å²) < 4.78 is 49.7. The molecule has 1 aliphatic rings. The number of halogens is 3. The highest BCUT2D eigenvalue weighted by Gasteiger charge is 2.32. The molecule has 28 heavy (non-hydrogen) atoms. The molecule has 0 aromatic heterocycles. The standard InChI is InChI=1S/C19H29F3N4O2/c1-23-18(24-7-8-25(2)9-11-27-3)26-10-12-28-17(14-26)15-5-4-6-16(13-15)19(20,21)22/h4-6,13,17H,7-12,14H2,1-3H3,(H,23,24). The van der Waals surface area contributed by atoms with Gasteiger partial charge in [0.2, 0.25) is 0 Å². The number of rotatable bonds is 7. The Kier molecular flexibility index (Phi) is 8.53. The summed E-state index contributed by atoms with van der Waals surface area (Å²) in [7, 11) is 5.39. The molecule has 1 unspecified atom stereocenters. The van der Waals surface area contributed by atoms with Crippen molar-refractivity contribution in [3.05, 3.63) is 35.4 Å². The van der Waals surface area contributed by atoms with Gasteiger partial charge in [-0.25, -0.2) is 0 Å². The maximum atomic E-state index is 13.0. The number of likely N-dealkylation sites (N-methyl/N-ethyl adjacent to an activating group) is 1. The Morgan fingerprint density at radius 2 is 2.18 bits per heavy atom. The predicted octanol–water partition coefficient (Wildman–Crippen LogP) is 2.23. The lowest BCUT2D eigenvalue weighted by atomic mass is 10.0. The van der Waals surface area contributed by atoms with Crippen LogP contribution in [0.3, 0.4) is 0 Å². The third-order valence-electron chi connectivity index (χ3n) is 4.62. The minimum atomic E-state index is -4.36. The Balaban J connectivity index is 1.94. The van der Waals surface area contributed by atoms with E-state index in [1.165, 1.54) is 6.07 Å². The van der Waals surface area contributed by atoms with E-state index in [2.05, 4.69) is 15.2 Å². The molecule has 0 bridgehead atoms. The summed E-state index contributed by atoms with van der Waals surface area (Å²) in [6.07, 6.45) is -4.80. The molecule has 9 heteroatoms. The molecule has 1 N–H and O–H groups in total. The zero-order valence-corrected chi connectivity index (χ0v) is 16.6. The van der Waals surface area contributed by atoms with Crippen molar-refractivity contribution in [2.24, 2.45) is 4.99 Å². The van der Waals surface area contributed by atoms with Gasteiger partial charge in [-0.3, -0.25) is 4.99 Å². The molecule has 0 saturated carbocycles. The van der Waals surface area contributed by atoms with Gasteiger partial charge in [-0.05, 0) is 24.7 Å². The lowest BCUT2D eigenvalue weighted by molar-refractivity contribution is -0.137. The van der Waals surface area contributed by atoms with E-state index in [-0.39, 0.29) is 0 Å². The number of ether oxygens (including phenoxy) is 2. The fourth-order valence-electron chi connectivity index (χ4n) is 3.01. The van der Waals surface area contributed by atoms with E-state index in [0.29, 0.717) is 38.4 Å². The molecule has 1 fully saturated rings. The molecule has 6 nitrogen and oxygen atoms in total. The number of methoxy groups -OCH3 is 1. The minimum Gasteiger partial charge on any atom is -0.383 e. The Bertz CT molecular complexity index is 640. The molecular weight excluding hydrogens is 373 g/mol. The van der Waals surface area contributed by atoms with Crippen LogP contribution in [0.25, 0.3) is 0 Å². The molecule has 0 radical (unpaired) electrons. The predicted molar refractivity (Wildman–Crippen MR) is 102 cm³/mol. The number of alkyl halides is 3. The van der Waals surface area contributed by atoms with E-state index in [9.17, 15) is 13.2 Å². The first-order chi connectivity index (χ1) is 13.3. The second kappa shape index (κ2) is 10.6. The van der Waals surface area contributed by atoms with Gasteiger partial charge in [-0.2, -0.15) is 13.2 Å². The minimum absolute atomic E-state index is 0.426. The van der Waals surface area contributed by atoms with Crippen molar-refractivity contribution in [3.63, 3.8) is 0 Å². The average Bonchev–Trinajstić information content (AvgIpc) is 2.69. The smallest absolute Gasteiger partial charge is 0.383 e. The SMILES string of the molecule is CN=C(NCCN(C)CCOC)N1CCOC(c2cccc(C(F)(F)F)c2)C1. The molecule has 1 atom stereocenters. The van der Waals surface area contributed by atoms with E-state index in [1.54, 1.807) is 20.2 Å². The maximum Gasteiger partial charge on any atom is 0.416 e. The lowest BCUT2D eigenvalue weighted by Crippen LogP contribution is -2.49. The summed E-state index contributed by atoms with van der Waals surface area (Å²) in [6.45, 7) is 4.55. The highest BCUT2D eigenvalue weighted by Crippen LogP contribution is 2.32. The van der Waals surface area contributed by atoms with Crippen LogP contribution < -0.4 is 5.32 Å². The topological polar surface area (TPSA) is 49.3 Å². The van der Waals surface area contributed by atoms with Gasteiger partial charge in [-0.1, -0.05) is 12.1 Å². The van der Waals surface area contributed by atoms with E-state index < -0.39 is 17.8 Å². The van der Waals surface area contributed by atoms with Crippen LogP contribution in [-0.2, 0) is 15.7 Å². The monoisotopic (exact) mass is 402 g/mol. The van der Waals surface area contributed by atoms with Crippen LogP contribution in [0.5, 0.6) is 0 Å². The maximum absolute atomic E-state index is 13.0. The van der Waals surface area contributed by atoms with Gasteiger partial charge >= 0.3 is 6.18 Å². The average molecular weight is 402 g/mol. The summed E-state index contributed by atoms with van der Waals surface area (Å²) in [5.41, 5.74) is -0.137. The molecule has 1 heterocycles. The van der Waals surface area contributed by atoms with Crippen LogP contribution >= 0.6 is 0 Å². The molecule has 1 aromatic carbocycles. The Hall–Kier alpha value is -1.84. The van der Waals surface area contributed by atoms with Crippen LogP contribution in [0.1, 0.15) is 17.2 Å². The van der Waals surface area contributed by atoms with Gasteiger partial charge in [-0.15, -0.1) is 0 Å². The van der Waals surface area contributed by atoms with Gasteiger partial charge in [0, 0.05) is 40.3 Å². The Labute approximate surface area is 164 Å². The number of nitrogens with zero attached hydrogens (tertiary/aromatic N) is 3. The molecule has 158 valence electrons. The highest BCUT2D eigenvalue weighted by atomic mass is 19.4. The molecule has 2 rings (SSSR count). The number of hydrogen-bond acceptors (Lipinski definition) is 4. The lowest BCUT2D eigenvalue weighted by Gasteiger charge is -2.35. The third kappa shape index (κ3) is 6.65. The van der Waals surface area contributed by atoms with Gasteiger partial charge < -0.3 is 24.6 Å². The van der Waals surface area contributed by atoms with Crippen molar-refractivity contribution in [3.8, 4) is 0 Å². The zero-order valence-electron chi connectivity index (χ0n) is 16.6. The second-order valence-electron chi connectivity index (χ2n) is 6.70. The molecule has 1 aliphatic heterocycles. The first-order valence-electron chi connectivity index (χ1n) is 9.27. The molecule has 1 aromatic rings. The number of hydrogen-bond donors (Lipinski definition) is 1. The van der Waals surface area contributed by atoms with Crippen molar-refractivity contribution < 1.29 is 22.6 Å². The van der Waals surface area contributed by atoms with E-state index in [0.717, 1.165) is 31.2 Å². The van der Waals surface area contributed by atoms with Crippen LogP contribution in [-0.4, -0.2) is 82.9 Å². The number of guanidine groups is 1. The van der Waals surface area contributed by atoms with Crippen LogP contribution in [0, 0.1) is 0 Å². The molecule has 0 aliphatic carbocycles. The van der Waals surface area contributed by atoms with Crippen LogP contribution in [0.2, 0.25) is 0 Å². The number of morpholine rings is 1. The van der Waals surface area contributed by atoms with Crippen molar-refractivity contribution >= 4 is 5.96 Å². The van der Waals surface area contributed by atoms with Crippen molar-refractivity contribution in [2.75, 3.05) is 67.1 Å². The third-order valence-corrected chi connectivity index (χ3v) is 4.62. The van der Waals surface area contributed by atoms with Crippen LogP contribution in [0.4, 0.5) is 13.2 Å². The largest absolute Gasteiger partial charge is 0.416 e. The quantitative estimate of drug-likeness (QED) is 0.560. The van der Waals surface area contributed by atoms with Crippen molar-refractivity contribution in [2.45, 2.75) is 12.3 Å². The number of nitrogens with one attached hydrogen (secondary N) is 1. The fraction of sp³-hybridized carbons (Fsp3) is 0.632. The van der Waals surface area contributed by atoms with E-state index in [1.807, 2.05) is 11.9 Å². The van der Waals surface area contributed by atoms with Gasteiger partial charge in [0.25, 0.3) is 0 Å². The fourth-order valence-corrected chi connectivity index (χ4v) is 3.01. The summed E-state index contributed by atoms with van der Waals surface area (Å²) >= 11 is 0. The molecule has 0 spiro atoms. The molecule has 0 amide bonds. The Morgan fingerprint density at radius 3 is 2.86 bits per heavy atom. The first-order valence-corrected chi connectivity index (χ1v) is 9.27. The van der Waals surface area contributed by atoms with Gasteiger partial charge in [0.1, 0.15) is 6.10 Å². The summed E-state index contributed by atoms with van der Waals surface area (Å²) in [6, 6.07) is 5.33. The second-order valence-corrected chi connectivity index (χ2v) is 6.70. The summed E-state index contributed by atoms with van der Waals surface area (Å²) in [5.74, 6) is 0.723. The number of aliphatic imine (C=N–C) groups is 1. The van der Waals surface area contributed by atoms with Crippen molar-refractivity contribution in [1.82, 2.24) is 15.1 Å². The van der Waals surface area contributed by atoms with Gasteiger partial charge in [0.15, 0.2) is 5.96 Å². The van der Waals surface area contributed by atoms with Gasteiger partial charge in [0.05, 0.1) is 25.3 Å². The van der Waals surface area contributed by atoms with Crippen molar-refractivity contribution in [1.29, 1.82) is 0 Å². The molecule has 1 saturated heterocycles. The van der Waals surface area contributed by atoms with E-state index >= 15 is 0 Å². The Morgan fingerprint density at radius 1 is 1.39 bits per heavy atom. The molecular formula is C19H29F3N4O2. The summed E-state index contributed by atoms with van der Waals surface area (Å²) in [4.78, 5) is 8.47. The summed E-state index contributed by atoms with van der Waals surface area (Å²) in [5, 5.41) is 3.31.